The number of aromatic nitrogens is 1. The minimum atomic E-state index is -0.869. The second-order valence-electron chi connectivity index (χ2n) is 5.52. The van der Waals surface area contributed by atoms with Crippen LogP contribution in [0, 0.1) is 0 Å². The van der Waals surface area contributed by atoms with E-state index in [9.17, 15) is 9.90 Å². The van der Waals surface area contributed by atoms with E-state index in [1.165, 1.54) is 0 Å². The molecule has 0 fully saturated rings. The van der Waals surface area contributed by atoms with Crippen LogP contribution in [-0.2, 0) is 4.79 Å². The van der Waals surface area contributed by atoms with Crippen LogP contribution in [0.15, 0.2) is 67.1 Å². The third-order valence-corrected chi connectivity index (χ3v) is 5.97. The molecule has 3 rings (SSSR count). The fourth-order valence-electron chi connectivity index (χ4n) is 2.38. The summed E-state index contributed by atoms with van der Waals surface area (Å²) in [5.41, 5.74) is 2.49. The van der Waals surface area contributed by atoms with Crippen LogP contribution < -0.4 is 0 Å². The molecule has 1 atom stereocenters. The van der Waals surface area contributed by atoms with Crippen molar-refractivity contribution in [1.82, 2.24) is 4.98 Å². The van der Waals surface area contributed by atoms with Gasteiger partial charge >= 0.3 is 5.97 Å². The number of carbonyl (C=O) groups is 1. The molecule has 1 N–H and O–H groups in total. The summed E-state index contributed by atoms with van der Waals surface area (Å²) in [6, 6.07) is 15.5. The molecule has 1 aromatic heterocycles. The lowest BCUT2D eigenvalue weighted by molar-refractivity contribution is -0.136. The zero-order chi connectivity index (χ0) is 18.7. The van der Waals surface area contributed by atoms with E-state index >= 15 is 0 Å². The van der Waals surface area contributed by atoms with E-state index in [-0.39, 0.29) is 0 Å². The number of benzene rings is 2. The quantitative estimate of drug-likeness (QED) is 0.395. The van der Waals surface area contributed by atoms with Crippen molar-refractivity contribution in [3.8, 4) is 22.6 Å². The fourth-order valence-corrected chi connectivity index (χ4v) is 3.70. The Balaban J connectivity index is 2.06. The van der Waals surface area contributed by atoms with Gasteiger partial charge in [-0.15, -0.1) is 0 Å². The van der Waals surface area contributed by atoms with Crippen LogP contribution in [0.4, 0.5) is 0 Å². The van der Waals surface area contributed by atoms with Gasteiger partial charge in [-0.1, -0.05) is 74.8 Å². The molecule has 2 aromatic carbocycles. The average molecular weight is 497 g/mol. The minimum absolute atomic E-state index is 0.357. The number of hydrogen-bond donors (Lipinski definition) is 1. The van der Waals surface area contributed by atoms with Crippen molar-refractivity contribution < 1.29 is 14.3 Å². The standard InChI is InChI=1S/C19H15Br2NO3S/c1-2-15(18(23)24)26-19-22-16(11-3-7-13(20)8-4-11)17(25-19)12-5-9-14(21)10-6-12/h3-10,15H,2H2,1H3,(H,23,24). The molecule has 0 aliphatic rings. The summed E-state index contributed by atoms with van der Waals surface area (Å²) in [6.45, 7) is 1.83. The zero-order valence-electron chi connectivity index (χ0n) is 13.8. The van der Waals surface area contributed by atoms with Gasteiger partial charge in [0.2, 0.25) is 0 Å². The first-order chi connectivity index (χ1) is 12.5. The van der Waals surface area contributed by atoms with Gasteiger partial charge in [0.25, 0.3) is 5.22 Å². The predicted molar refractivity (Wildman–Crippen MR) is 110 cm³/mol. The normalized spacial score (nSPS) is 12.1. The summed E-state index contributed by atoms with van der Waals surface area (Å²) >= 11 is 8.00. The number of halogens is 2. The number of rotatable bonds is 6. The Morgan fingerprint density at radius 1 is 1.08 bits per heavy atom. The van der Waals surface area contributed by atoms with Gasteiger partial charge in [0.05, 0.1) is 0 Å². The van der Waals surface area contributed by atoms with E-state index in [1.807, 2.05) is 55.5 Å². The molecule has 1 unspecified atom stereocenters. The number of carboxylic acids is 1. The van der Waals surface area contributed by atoms with Crippen LogP contribution in [0.3, 0.4) is 0 Å². The highest BCUT2D eigenvalue weighted by Crippen LogP contribution is 2.37. The molecule has 0 radical (unpaired) electrons. The Kier molecular flexibility index (Phi) is 6.21. The summed E-state index contributed by atoms with van der Waals surface area (Å²) in [5, 5.41) is 9.07. The van der Waals surface area contributed by atoms with Crippen molar-refractivity contribution in [2.75, 3.05) is 0 Å². The fraction of sp³-hybridized carbons (Fsp3) is 0.158. The molecular formula is C19H15Br2NO3S. The van der Waals surface area contributed by atoms with Gasteiger partial charge in [-0.25, -0.2) is 4.98 Å². The van der Waals surface area contributed by atoms with Gasteiger partial charge in [0, 0.05) is 20.1 Å². The van der Waals surface area contributed by atoms with E-state index in [0.717, 1.165) is 31.8 Å². The Morgan fingerprint density at radius 3 is 2.12 bits per heavy atom. The molecule has 0 aliphatic carbocycles. The first-order valence-electron chi connectivity index (χ1n) is 7.90. The van der Waals surface area contributed by atoms with Crippen LogP contribution in [0.25, 0.3) is 22.6 Å². The van der Waals surface area contributed by atoms with Gasteiger partial charge < -0.3 is 9.52 Å². The SMILES string of the molecule is CCC(Sc1nc(-c2ccc(Br)cc2)c(-c2ccc(Br)cc2)o1)C(=O)O. The smallest absolute Gasteiger partial charge is 0.317 e. The molecule has 0 aliphatic heterocycles. The zero-order valence-corrected chi connectivity index (χ0v) is 17.8. The van der Waals surface area contributed by atoms with E-state index in [2.05, 4.69) is 36.8 Å². The van der Waals surface area contributed by atoms with E-state index in [1.54, 1.807) is 0 Å². The van der Waals surface area contributed by atoms with E-state index in [0.29, 0.717) is 23.1 Å². The first kappa shape index (κ1) is 19.2. The minimum Gasteiger partial charge on any atom is -0.480 e. The molecule has 3 aromatic rings. The first-order valence-corrected chi connectivity index (χ1v) is 10.4. The van der Waals surface area contributed by atoms with Gasteiger partial charge in [-0.05, 0) is 30.7 Å². The third kappa shape index (κ3) is 4.39. The lowest BCUT2D eigenvalue weighted by atomic mass is 10.1. The maximum atomic E-state index is 11.3. The summed E-state index contributed by atoms with van der Waals surface area (Å²) in [5.74, 6) is -0.242. The van der Waals surface area contributed by atoms with Crippen molar-refractivity contribution in [1.29, 1.82) is 0 Å². The third-order valence-electron chi connectivity index (χ3n) is 3.72. The van der Waals surface area contributed by atoms with Crippen LogP contribution in [0.1, 0.15) is 13.3 Å². The molecule has 0 saturated heterocycles. The molecule has 0 spiro atoms. The summed E-state index contributed by atoms with van der Waals surface area (Å²) in [7, 11) is 0. The largest absolute Gasteiger partial charge is 0.480 e. The Bertz CT molecular complexity index is 845. The van der Waals surface area contributed by atoms with E-state index < -0.39 is 11.2 Å². The number of oxazole rings is 1. The lowest BCUT2D eigenvalue weighted by Crippen LogP contribution is -2.14. The number of carboxylic acid groups (broad SMARTS) is 1. The van der Waals surface area contributed by atoms with E-state index in [4.69, 9.17) is 4.42 Å². The lowest BCUT2D eigenvalue weighted by Gasteiger charge is -2.04. The van der Waals surface area contributed by atoms with Crippen LogP contribution in [-0.4, -0.2) is 21.3 Å². The van der Waals surface area contributed by atoms with Crippen LogP contribution in [0.2, 0.25) is 0 Å². The van der Waals surface area contributed by atoms with Crippen molar-refractivity contribution in [2.24, 2.45) is 0 Å². The van der Waals surface area contributed by atoms with Crippen LogP contribution in [0.5, 0.6) is 0 Å². The van der Waals surface area contributed by atoms with Crippen molar-refractivity contribution in [3.63, 3.8) is 0 Å². The topological polar surface area (TPSA) is 63.3 Å². The molecule has 7 heteroatoms. The number of hydrogen-bond acceptors (Lipinski definition) is 4. The Labute approximate surface area is 172 Å². The summed E-state index contributed by atoms with van der Waals surface area (Å²) in [4.78, 5) is 15.9. The highest BCUT2D eigenvalue weighted by molar-refractivity contribution is 9.10. The molecule has 0 bridgehead atoms. The monoisotopic (exact) mass is 495 g/mol. The molecule has 0 saturated carbocycles. The maximum Gasteiger partial charge on any atom is 0.317 e. The number of nitrogens with zero attached hydrogens (tertiary/aromatic N) is 1. The highest BCUT2D eigenvalue weighted by atomic mass is 79.9. The van der Waals surface area contributed by atoms with Gasteiger partial charge in [0.15, 0.2) is 5.76 Å². The Morgan fingerprint density at radius 2 is 1.62 bits per heavy atom. The van der Waals surface area contributed by atoms with Crippen LogP contribution >= 0.6 is 43.6 Å². The summed E-state index contributed by atoms with van der Waals surface area (Å²) < 4.78 is 7.91. The number of thioether (sulfide) groups is 1. The van der Waals surface area contributed by atoms with Gasteiger partial charge in [-0.3, -0.25) is 4.79 Å². The van der Waals surface area contributed by atoms with Crippen molar-refractivity contribution in [2.45, 2.75) is 23.8 Å². The molecule has 0 amide bonds. The maximum absolute atomic E-state index is 11.3. The van der Waals surface area contributed by atoms with Gasteiger partial charge in [-0.2, -0.15) is 0 Å². The molecular weight excluding hydrogens is 482 g/mol. The summed E-state index contributed by atoms with van der Waals surface area (Å²) in [6.07, 6.45) is 0.490. The predicted octanol–water partition coefficient (Wildman–Crippen LogP) is 6.49. The Hall–Kier alpha value is -1.57. The molecule has 26 heavy (non-hydrogen) atoms. The van der Waals surface area contributed by atoms with Gasteiger partial charge in [0.1, 0.15) is 10.9 Å². The highest BCUT2D eigenvalue weighted by Gasteiger charge is 2.23. The molecule has 1 heterocycles. The molecule has 134 valence electrons. The van der Waals surface area contributed by atoms with Crippen molar-refractivity contribution >= 4 is 49.6 Å². The number of aliphatic carboxylic acids is 1. The second-order valence-corrected chi connectivity index (χ2v) is 8.51. The average Bonchev–Trinajstić information content (AvgIpc) is 3.04. The molecule has 4 nitrogen and oxygen atoms in total. The second kappa shape index (κ2) is 8.41. The van der Waals surface area contributed by atoms with Crippen molar-refractivity contribution in [3.05, 3.63) is 57.5 Å².